The monoisotopic (exact) mass is 524 g/mol. The Kier molecular flexibility index (Phi) is 5.00. The lowest BCUT2D eigenvalue weighted by molar-refractivity contribution is -0.282. The Morgan fingerprint density at radius 1 is 1.16 bits per heavy atom. The maximum atomic E-state index is 16.9. The largest absolute Gasteiger partial charge is 0.389 e. The normalized spacial score (nSPS) is 44.3. The minimum atomic E-state index is -1.99. The van der Waals surface area contributed by atoms with Crippen molar-refractivity contribution in [3.8, 4) is 0 Å². The summed E-state index contributed by atoms with van der Waals surface area (Å²) < 4.78 is 23.9. The number of aliphatic hydroxyl groups is 2. The summed E-state index contributed by atoms with van der Waals surface area (Å²) in [4.78, 5) is 6.16. The van der Waals surface area contributed by atoms with Gasteiger partial charge in [-0.05, 0) is 80.4 Å². The van der Waals surface area contributed by atoms with Crippen LogP contribution in [0.1, 0.15) is 51.0 Å². The quantitative estimate of drug-likeness (QED) is 0.423. The van der Waals surface area contributed by atoms with Crippen LogP contribution in [0.3, 0.4) is 0 Å². The van der Waals surface area contributed by atoms with Gasteiger partial charge in [0.1, 0.15) is 16.9 Å². The average molecular weight is 525 g/mol. The molecule has 2 spiro atoms. The lowest BCUT2D eigenvalue weighted by atomic mass is 9.56. The smallest absolute Gasteiger partial charge is 0.171 e. The minimum Gasteiger partial charge on any atom is -0.389 e. The van der Waals surface area contributed by atoms with Gasteiger partial charge in [0.2, 0.25) is 0 Å². The fraction of sp³-hybridized carbons (Fsp3) is 0.567. The van der Waals surface area contributed by atoms with E-state index in [9.17, 15) is 10.2 Å². The van der Waals surface area contributed by atoms with E-state index in [1.807, 2.05) is 25.1 Å². The van der Waals surface area contributed by atoms with Gasteiger partial charge in [-0.25, -0.2) is 9.37 Å². The van der Waals surface area contributed by atoms with E-state index in [0.29, 0.717) is 18.0 Å². The highest BCUT2D eigenvalue weighted by Crippen LogP contribution is 2.70. The van der Waals surface area contributed by atoms with E-state index in [2.05, 4.69) is 42.3 Å². The Bertz CT molecular complexity index is 1380. The number of rotatable bonds is 2. The zero-order chi connectivity index (χ0) is 26.0. The standard InChI is InChI=1S/C30H34ClFN2O3/c1-27-10-8-19-15-30(32)25(36)24(35)22(34(2)3)16-28(30)11-12-29(19,37-28)23(27)7-6-21(27)18-5-4-17-9-13-33-26(31)20(17)14-18/h4-6,8-9,13-14,22-25,35-36H,7,10-12,15-16H2,1-3H3. The number of benzene rings is 1. The Hall–Kier alpha value is -1.83. The number of hydrogen-bond acceptors (Lipinski definition) is 5. The van der Waals surface area contributed by atoms with Crippen LogP contribution in [0.15, 0.2) is 48.2 Å². The molecule has 8 unspecified atom stereocenters. The van der Waals surface area contributed by atoms with Crippen molar-refractivity contribution in [3.63, 3.8) is 0 Å². The highest BCUT2D eigenvalue weighted by molar-refractivity contribution is 6.34. The first-order valence-electron chi connectivity index (χ1n) is 13.4. The number of pyridine rings is 1. The fourth-order valence-electron chi connectivity index (χ4n) is 8.73. The molecule has 1 aromatic heterocycles. The number of hydrogen-bond donors (Lipinski definition) is 2. The Balaban J connectivity index is 1.29. The molecule has 7 rings (SSSR count). The molecule has 0 radical (unpaired) electrons. The molecule has 5 aliphatic rings. The first kappa shape index (κ1) is 24.2. The molecular formula is C30H34ClFN2O3. The summed E-state index contributed by atoms with van der Waals surface area (Å²) in [6.07, 6.45) is 7.06. The second-order valence-electron chi connectivity index (χ2n) is 12.5. The van der Waals surface area contributed by atoms with Gasteiger partial charge >= 0.3 is 0 Å². The van der Waals surface area contributed by atoms with Crippen LogP contribution in [-0.4, -0.2) is 69.3 Å². The number of aromatic nitrogens is 1. The van der Waals surface area contributed by atoms with Gasteiger partial charge in [-0.3, -0.25) is 0 Å². The predicted molar refractivity (Wildman–Crippen MR) is 142 cm³/mol. The van der Waals surface area contributed by atoms with Crippen molar-refractivity contribution in [1.82, 2.24) is 9.88 Å². The lowest BCUT2D eigenvalue weighted by Gasteiger charge is -2.61. The predicted octanol–water partition coefficient (Wildman–Crippen LogP) is 5.08. The highest BCUT2D eigenvalue weighted by atomic mass is 35.5. The second-order valence-corrected chi connectivity index (χ2v) is 12.8. The molecular weight excluding hydrogens is 491 g/mol. The summed E-state index contributed by atoms with van der Waals surface area (Å²) >= 11 is 6.45. The molecule has 2 aliphatic heterocycles. The van der Waals surface area contributed by atoms with Crippen LogP contribution in [0, 0.1) is 11.3 Å². The van der Waals surface area contributed by atoms with Crippen LogP contribution in [0.4, 0.5) is 4.39 Å². The molecule has 3 fully saturated rings. The summed E-state index contributed by atoms with van der Waals surface area (Å²) in [5, 5.41) is 24.5. The molecule has 7 heteroatoms. The molecule has 8 atom stereocenters. The number of halogens is 2. The van der Waals surface area contributed by atoms with Crippen molar-refractivity contribution in [3.05, 3.63) is 58.9 Å². The third-order valence-electron chi connectivity index (χ3n) is 10.7. The van der Waals surface area contributed by atoms with E-state index in [1.165, 1.54) is 5.57 Å². The van der Waals surface area contributed by atoms with E-state index in [1.54, 1.807) is 6.20 Å². The van der Waals surface area contributed by atoms with Gasteiger partial charge in [0.05, 0.1) is 11.7 Å². The molecule has 196 valence electrons. The SMILES string of the molecule is CN(C)C1CC23CCC4(O2)C(=CCC2(C)C(c5ccc6ccnc(Cl)c6c5)=CCC24)CC3(F)C(O)C1O. The van der Waals surface area contributed by atoms with Gasteiger partial charge < -0.3 is 19.8 Å². The third-order valence-corrected chi connectivity index (χ3v) is 11.0. The lowest BCUT2D eigenvalue weighted by Crippen LogP contribution is -2.73. The van der Waals surface area contributed by atoms with E-state index < -0.39 is 29.1 Å². The number of fused-ring (bicyclic) bond motifs is 2. The molecule has 37 heavy (non-hydrogen) atoms. The van der Waals surface area contributed by atoms with Crippen LogP contribution >= 0.6 is 11.6 Å². The van der Waals surface area contributed by atoms with E-state index >= 15 is 4.39 Å². The summed E-state index contributed by atoms with van der Waals surface area (Å²) in [6, 6.07) is 8.03. The topological polar surface area (TPSA) is 65.8 Å². The van der Waals surface area contributed by atoms with Crippen molar-refractivity contribution in [1.29, 1.82) is 0 Å². The van der Waals surface area contributed by atoms with Crippen LogP contribution in [-0.2, 0) is 4.74 Å². The summed E-state index contributed by atoms with van der Waals surface area (Å²) in [6.45, 7) is 2.32. The molecule has 3 heterocycles. The Morgan fingerprint density at radius 3 is 2.76 bits per heavy atom. The number of ether oxygens (including phenoxy) is 1. The van der Waals surface area contributed by atoms with Gasteiger partial charge in [0, 0.05) is 35.4 Å². The van der Waals surface area contributed by atoms with Gasteiger partial charge in [-0.15, -0.1) is 0 Å². The molecule has 2 saturated heterocycles. The summed E-state index contributed by atoms with van der Waals surface area (Å²) in [5.74, 6) is 0.181. The Morgan fingerprint density at radius 2 is 1.97 bits per heavy atom. The van der Waals surface area contributed by atoms with Crippen LogP contribution in [0.2, 0.25) is 5.15 Å². The molecule has 2 N–H and O–H groups in total. The molecule has 2 aromatic rings. The van der Waals surface area contributed by atoms with E-state index in [-0.39, 0.29) is 23.8 Å². The average Bonchev–Trinajstić information content (AvgIpc) is 3.40. The van der Waals surface area contributed by atoms with E-state index in [0.717, 1.165) is 41.2 Å². The highest BCUT2D eigenvalue weighted by Gasteiger charge is 2.76. The molecule has 1 aromatic carbocycles. The van der Waals surface area contributed by atoms with Gasteiger partial charge in [-0.2, -0.15) is 0 Å². The summed E-state index contributed by atoms with van der Waals surface area (Å²) in [5.41, 5.74) is -0.391. The minimum absolute atomic E-state index is 0.130. The number of aliphatic hydroxyl groups excluding tert-OH is 2. The molecule has 1 saturated carbocycles. The van der Waals surface area contributed by atoms with Crippen LogP contribution in [0.5, 0.6) is 0 Å². The van der Waals surface area contributed by atoms with Gasteiger partial charge in [0.25, 0.3) is 0 Å². The van der Waals surface area contributed by atoms with Crippen molar-refractivity contribution in [2.75, 3.05) is 14.1 Å². The van der Waals surface area contributed by atoms with Crippen molar-refractivity contribution >= 4 is 27.9 Å². The Labute approximate surface area is 222 Å². The number of alkyl halides is 1. The first-order valence-corrected chi connectivity index (χ1v) is 13.8. The van der Waals surface area contributed by atoms with Crippen LogP contribution < -0.4 is 0 Å². The third kappa shape index (κ3) is 2.91. The molecule has 3 aliphatic carbocycles. The van der Waals surface area contributed by atoms with Crippen molar-refractivity contribution in [2.45, 2.75) is 80.6 Å². The number of nitrogens with zero attached hydrogens (tertiary/aromatic N) is 2. The zero-order valence-electron chi connectivity index (χ0n) is 21.5. The summed E-state index contributed by atoms with van der Waals surface area (Å²) in [7, 11) is 3.75. The molecule has 5 nitrogen and oxygen atoms in total. The van der Waals surface area contributed by atoms with Gasteiger partial charge in [0.15, 0.2) is 5.67 Å². The molecule has 0 amide bonds. The zero-order valence-corrected chi connectivity index (χ0v) is 22.3. The van der Waals surface area contributed by atoms with Crippen molar-refractivity contribution < 1.29 is 19.3 Å². The fourth-order valence-corrected chi connectivity index (χ4v) is 8.95. The second kappa shape index (κ2) is 7.64. The van der Waals surface area contributed by atoms with Gasteiger partial charge in [-0.1, -0.05) is 42.8 Å². The number of likely N-dealkylation sites (N-methyl/N-ethyl adjacent to an activating group) is 1. The maximum Gasteiger partial charge on any atom is 0.171 e. The van der Waals surface area contributed by atoms with Crippen molar-refractivity contribution in [2.24, 2.45) is 11.3 Å². The van der Waals surface area contributed by atoms with E-state index in [4.69, 9.17) is 16.3 Å². The molecule has 2 bridgehead atoms. The first-order chi connectivity index (χ1) is 17.5. The maximum absolute atomic E-state index is 16.9. The number of allylic oxidation sites excluding steroid dienone is 3. The van der Waals surface area contributed by atoms with Crippen LogP contribution in [0.25, 0.3) is 16.3 Å².